The van der Waals surface area contributed by atoms with Crippen LogP contribution in [0.15, 0.2) is 41.6 Å². The lowest BCUT2D eigenvalue weighted by molar-refractivity contribution is -0.114. The molecule has 0 unspecified atom stereocenters. The molecule has 1 rings (SSSR count). The van der Waals surface area contributed by atoms with Crippen LogP contribution in [0.1, 0.15) is 13.8 Å². The molecule has 0 aliphatic rings. The molecule has 1 N–H and O–H groups in total. The second-order valence-corrected chi connectivity index (χ2v) is 9.52. The van der Waals surface area contributed by atoms with Crippen LogP contribution in [-0.4, -0.2) is 39.3 Å². The van der Waals surface area contributed by atoms with Crippen LogP contribution in [0, 0.1) is 0 Å². The van der Waals surface area contributed by atoms with E-state index in [1.807, 2.05) is 19.9 Å². The van der Waals surface area contributed by atoms with Crippen LogP contribution >= 0.6 is 0 Å². The van der Waals surface area contributed by atoms with Crippen molar-refractivity contribution in [3.8, 4) is 0 Å². The van der Waals surface area contributed by atoms with Gasteiger partial charge in [0.25, 0.3) is 0 Å². The Morgan fingerprint density at radius 3 is 2.15 bits per heavy atom. The van der Waals surface area contributed by atoms with Crippen LogP contribution in [0.25, 0.3) is 0 Å². The molecule has 112 valence electrons. The van der Waals surface area contributed by atoms with Crippen molar-refractivity contribution in [2.75, 3.05) is 19.8 Å². The largest absolute Gasteiger partial charge is 0.392 e. The van der Waals surface area contributed by atoms with Gasteiger partial charge >= 0.3 is 0 Å². The van der Waals surface area contributed by atoms with Crippen LogP contribution in [-0.2, 0) is 9.47 Å². The summed E-state index contributed by atoms with van der Waals surface area (Å²) in [5.41, 5.74) is 3.01. The van der Waals surface area contributed by atoms with E-state index in [0.717, 1.165) is 5.57 Å². The molecule has 1 aromatic carbocycles. The average Bonchev–Trinajstić information content (AvgIpc) is 2.45. The van der Waals surface area contributed by atoms with Gasteiger partial charge in [0.1, 0.15) is 8.07 Å². The van der Waals surface area contributed by atoms with E-state index >= 15 is 0 Å². The van der Waals surface area contributed by atoms with E-state index in [9.17, 15) is 5.11 Å². The van der Waals surface area contributed by atoms with Gasteiger partial charge in [0.2, 0.25) is 0 Å². The normalized spacial score (nSPS) is 13.0. The van der Waals surface area contributed by atoms with Gasteiger partial charge in [-0.2, -0.15) is 0 Å². The monoisotopic (exact) mass is 294 g/mol. The smallest absolute Gasteiger partial charge is 0.181 e. The summed E-state index contributed by atoms with van der Waals surface area (Å²) in [6, 6.07) is 10.4. The maximum atomic E-state index is 9.65. The van der Waals surface area contributed by atoms with Crippen molar-refractivity contribution in [2.45, 2.75) is 33.2 Å². The highest BCUT2D eigenvalue weighted by atomic mass is 28.3. The van der Waals surface area contributed by atoms with E-state index in [0.29, 0.717) is 13.2 Å². The van der Waals surface area contributed by atoms with E-state index in [4.69, 9.17) is 9.47 Å². The van der Waals surface area contributed by atoms with Gasteiger partial charge in [0.15, 0.2) is 6.29 Å². The molecule has 3 nitrogen and oxygen atoms in total. The minimum atomic E-state index is -1.77. The molecule has 0 aliphatic heterocycles. The molecule has 20 heavy (non-hydrogen) atoms. The van der Waals surface area contributed by atoms with Crippen molar-refractivity contribution in [2.24, 2.45) is 0 Å². The molecule has 4 heteroatoms. The molecule has 0 saturated heterocycles. The van der Waals surface area contributed by atoms with Crippen LogP contribution < -0.4 is 5.19 Å². The zero-order valence-corrected chi connectivity index (χ0v) is 13.9. The number of hydrogen-bond acceptors (Lipinski definition) is 3. The third-order valence-electron chi connectivity index (χ3n) is 3.19. The summed E-state index contributed by atoms with van der Waals surface area (Å²) in [7, 11) is -1.77. The molecule has 0 heterocycles. The van der Waals surface area contributed by atoms with Crippen molar-refractivity contribution in [1.82, 2.24) is 0 Å². The number of ether oxygens (including phenoxy) is 2. The summed E-state index contributed by atoms with van der Waals surface area (Å²) in [5.74, 6) is 0. The SMILES string of the molecule is CCOC(OCC)/C(=C/[Si](C)(C)c1ccccc1)CO. The van der Waals surface area contributed by atoms with Crippen LogP contribution in [0.2, 0.25) is 13.1 Å². The van der Waals surface area contributed by atoms with E-state index in [1.165, 1.54) is 5.19 Å². The third-order valence-corrected chi connectivity index (χ3v) is 6.10. The Balaban J connectivity index is 3.01. The molecule has 0 saturated carbocycles. The predicted molar refractivity (Wildman–Crippen MR) is 85.8 cm³/mol. The quantitative estimate of drug-likeness (QED) is 0.591. The topological polar surface area (TPSA) is 38.7 Å². The molecule has 0 spiro atoms. The maximum absolute atomic E-state index is 9.65. The van der Waals surface area contributed by atoms with Crippen molar-refractivity contribution in [3.05, 3.63) is 41.6 Å². The Bertz CT molecular complexity index is 409. The lowest BCUT2D eigenvalue weighted by Crippen LogP contribution is -2.41. The molecule has 0 fully saturated rings. The molecule has 0 radical (unpaired) electrons. The molecule has 0 bridgehead atoms. The fourth-order valence-corrected chi connectivity index (χ4v) is 4.54. The Kier molecular flexibility index (Phi) is 7.16. The van der Waals surface area contributed by atoms with Gasteiger partial charge in [-0.15, -0.1) is 0 Å². The van der Waals surface area contributed by atoms with Crippen molar-refractivity contribution in [1.29, 1.82) is 0 Å². The number of rotatable bonds is 8. The first-order chi connectivity index (χ1) is 9.55. The molecule has 0 atom stereocenters. The lowest BCUT2D eigenvalue weighted by Gasteiger charge is -2.24. The zero-order chi connectivity index (χ0) is 15.0. The van der Waals surface area contributed by atoms with Crippen molar-refractivity contribution >= 4 is 13.3 Å². The molecule has 0 aliphatic carbocycles. The zero-order valence-electron chi connectivity index (χ0n) is 12.9. The van der Waals surface area contributed by atoms with Crippen LogP contribution in [0.4, 0.5) is 0 Å². The van der Waals surface area contributed by atoms with Gasteiger partial charge < -0.3 is 14.6 Å². The summed E-state index contributed by atoms with van der Waals surface area (Å²) in [4.78, 5) is 0. The summed E-state index contributed by atoms with van der Waals surface area (Å²) in [5, 5.41) is 11.0. The highest BCUT2D eigenvalue weighted by molar-refractivity contribution is 6.94. The predicted octanol–water partition coefficient (Wildman–Crippen LogP) is 2.46. The second kappa shape index (κ2) is 8.37. The average molecular weight is 294 g/mol. The summed E-state index contributed by atoms with van der Waals surface area (Å²) >= 11 is 0. The molecular formula is C16H26O3Si. The number of benzene rings is 1. The summed E-state index contributed by atoms with van der Waals surface area (Å²) < 4.78 is 11.2. The molecule has 0 aromatic heterocycles. The van der Waals surface area contributed by atoms with Crippen molar-refractivity contribution in [3.63, 3.8) is 0 Å². The minimum Gasteiger partial charge on any atom is -0.392 e. The molecule has 1 aromatic rings. The third kappa shape index (κ3) is 4.87. The maximum Gasteiger partial charge on any atom is 0.181 e. The molecular weight excluding hydrogens is 268 g/mol. The fourth-order valence-electron chi connectivity index (χ4n) is 2.17. The minimum absolute atomic E-state index is 0.0338. The second-order valence-electron chi connectivity index (χ2n) is 5.21. The lowest BCUT2D eigenvalue weighted by atomic mass is 10.3. The van der Waals surface area contributed by atoms with Crippen LogP contribution in [0.5, 0.6) is 0 Å². The Morgan fingerprint density at radius 2 is 1.70 bits per heavy atom. The van der Waals surface area contributed by atoms with E-state index < -0.39 is 14.4 Å². The van der Waals surface area contributed by atoms with Gasteiger partial charge in [0.05, 0.1) is 6.61 Å². The van der Waals surface area contributed by atoms with Gasteiger partial charge in [-0.1, -0.05) is 54.3 Å². The van der Waals surface area contributed by atoms with Gasteiger partial charge in [-0.05, 0) is 13.8 Å². The van der Waals surface area contributed by atoms with Crippen LogP contribution in [0.3, 0.4) is 0 Å². The van der Waals surface area contributed by atoms with E-state index in [1.54, 1.807) is 0 Å². The van der Waals surface area contributed by atoms with Gasteiger partial charge in [-0.25, -0.2) is 0 Å². The summed E-state index contributed by atoms with van der Waals surface area (Å²) in [6.45, 7) is 9.47. The van der Waals surface area contributed by atoms with E-state index in [-0.39, 0.29) is 6.61 Å². The standard InChI is InChI=1S/C16H26O3Si/c1-5-18-16(19-6-2)14(12-17)13-20(3,4)15-10-8-7-9-11-15/h7-11,13,16-17H,5-6,12H2,1-4H3/b14-13+. The molecule has 0 amide bonds. The number of aliphatic hydroxyl groups is 1. The fraction of sp³-hybridized carbons (Fsp3) is 0.500. The van der Waals surface area contributed by atoms with E-state index in [2.05, 4.69) is 43.1 Å². The first-order valence-electron chi connectivity index (χ1n) is 7.16. The Morgan fingerprint density at radius 1 is 1.15 bits per heavy atom. The Hall–Kier alpha value is -0.943. The van der Waals surface area contributed by atoms with Gasteiger partial charge in [-0.3, -0.25) is 0 Å². The highest BCUT2D eigenvalue weighted by Crippen LogP contribution is 2.14. The van der Waals surface area contributed by atoms with Crippen molar-refractivity contribution < 1.29 is 14.6 Å². The first kappa shape index (κ1) is 17.1. The number of aliphatic hydroxyl groups excluding tert-OH is 1. The Labute approximate surface area is 123 Å². The first-order valence-corrected chi connectivity index (χ1v) is 10.2. The van der Waals surface area contributed by atoms with Gasteiger partial charge in [0, 0.05) is 18.8 Å². The summed E-state index contributed by atoms with van der Waals surface area (Å²) in [6.07, 6.45) is -0.439. The number of hydrogen-bond donors (Lipinski definition) is 1. The highest BCUT2D eigenvalue weighted by Gasteiger charge is 2.24.